The van der Waals surface area contributed by atoms with Gasteiger partial charge in [-0.3, -0.25) is 9.69 Å². The second kappa shape index (κ2) is 9.31. The van der Waals surface area contributed by atoms with E-state index in [1.807, 2.05) is 23.9 Å². The van der Waals surface area contributed by atoms with Gasteiger partial charge in [0.1, 0.15) is 5.75 Å². The van der Waals surface area contributed by atoms with Crippen molar-refractivity contribution in [1.29, 1.82) is 0 Å². The number of amides is 1. The standard InChI is InChI=1S/C20H23ClN2O2S/c1-15-16(13-23-8-10-26-11-9-23)4-2-7-19(15)22-20(24)14-25-18-6-3-5-17(21)12-18/h2-7,12H,8-11,13-14H2,1H3,(H,22,24). The number of carbonyl (C=O) groups excluding carboxylic acids is 1. The topological polar surface area (TPSA) is 41.6 Å². The van der Waals surface area contributed by atoms with E-state index in [-0.39, 0.29) is 12.5 Å². The molecular weight excluding hydrogens is 368 g/mol. The van der Waals surface area contributed by atoms with Crippen LogP contribution in [0.1, 0.15) is 11.1 Å². The van der Waals surface area contributed by atoms with Crippen LogP contribution in [0.15, 0.2) is 42.5 Å². The van der Waals surface area contributed by atoms with Gasteiger partial charge < -0.3 is 10.1 Å². The van der Waals surface area contributed by atoms with Gasteiger partial charge in [0, 0.05) is 41.8 Å². The van der Waals surface area contributed by atoms with Gasteiger partial charge in [-0.25, -0.2) is 0 Å². The van der Waals surface area contributed by atoms with Crippen molar-refractivity contribution in [1.82, 2.24) is 4.90 Å². The fourth-order valence-corrected chi connectivity index (χ4v) is 4.04. The monoisotopic (exact) mass is 390 g/mol. The number of nitrogens with zero attached hydrogens (tertiary/aromatic N) is 1. The normalized spacial score (nSPS) is 14.8. The van der Waals surface area contributed by atoms with E-state index < -0.39 is 0 Å². The molecule has 6 heteroatoms. The van der Waals surface area contributed by atoms with E-state index in [1.165, 1.54) is 17.1 Å². The van der Waals surface area contributed by atoms with Gasteiger partial charge in [-0.05, 0) is 42.3 Å². The Kier molecular flexibility index (Phi) is 6.83. The van der Waals surface area contributed by atoms with Gasteiger partial charge in [0.2, 0.25) is 0 Å². The van der Waals surface area contributed by atoms with E-state index >= 15 is 0 Å². The van der Waals surface area contributed by atoms with Crippen molar-refractivity contribution in [3.8, 4) is 5.75 Å². The number of carbonyl (C=O) groups is 1. The Morgan fingerprint density at radius 3 is 2.77 bits per heavy atom. The first-order valence-corrected chi connectivity index (χ1v) is 10.2. The van der Waals surface area contributed by atoms with E-state index in [9.17, 15) is 4.79 Å². The molecule has 4 nitrogen and oxygen atoms in total. The molecule has 26 heavy (non-hydrogen) atoms. The van der Waals surface area contributed by atoms with Crippen molar-refractivity contribution < 1.29 is 9.53 Å². The molecule has 2 aromatic carbocycles. The molecule has 1 N–H and O–H groups in total. The summed E-state index contributed by atoms with van der Waals surface area (Å²) >= 11 is 7.93. The summed E-state index contributed by atoms with van der Waals surface area (Å²) < 4.78 is 5.51. The lowest BCUT2D eigenvalue weighted by Gasteiger charge is -2.27. The largest absolute Gasteiger partial charge is 0.484 e. The number of rotatable bonds is 6. The fraction of sp³-hybridized carbons (Fsp3) is 0.350. The van der Waals surface area contributed by atoms with Gasteiger partial charge in [-0.15, -0.1) is 0 Å². The lowest BCUT2D eigenvalue weighted by molar-refractivity contribution is -0.118. The SMILES string of the molecule is Cc1c(CN2CCSCC2)cccc1NC(=O)COc1cccc(Cl)c1. The van der Waals surface area contributed by atoms with Crippen molar-refractivity contribution in [2.75, 3.05) is 36.5 Å². The van der Waals surface area contributed by atoms with Crippen LogP contribution >= 0.6 is 23.4 Å². The number of hydrogen-bond acceptors (Lipinski definition) is 4. The maximum absolute atomic E-state index is 12.2. The molecule has 138 valence electrons. The van der Waals surface area contributed by atoms with Crippen LogP contribution in [0.3, 0.4) is 0 Å². The predicted octanol–water partition coefficient (Wildman–Crippen LogP) is 4.21. The number of thioether (sulfide) groups is 1. The summed E-state index contributed by atoms with van der Waals surface area (Å²) in [6.45, 7) is 5.17. The van der Waals surface area contributed by atoms with Crippen molar-refractivity contribution in [3.63, 3.8) is 0 Å². The van der Waals surface area contributed by atoms with E-state index in [4.69, 9.17) is 16.3 Å². The molecule has 1 heterocycles. The zero-order valence-electron chi connectivity index (χ0n) is 14.8. The molecule has 0 spiro atoms. The molecule has 1 saturated heterocycles. The lowest BCUT2D eigenvalue weighted by Crippen LogP contribution is -2.32. The minimum absolute atomic E-state index is 0.0483. The summed E-state index contributed by atoms with van der Waals surface area (Å²) in [7, 11) is 0. The first-order valence-electron chi connectivity index (χ1n) is 8.68. The van der Waals surface area contributed by atoms with Gasteiger partial charge >= 0.3 is 0 Å². The second-order valence-corrected chi connectivity index (χ2v) is 7.93. The highest BCUT2D eigenvalue weighted by molar-refractivity contribution is 7.99. The third-order valence-electron chi connectivity index (χ3n) is 4.38. The Balaban J connectivity index is 1.58. The molecule has 0 saturated carbocycles. The highest BCUT2D eigenvalue weighted by Gasteiger charge is 2.14. The van der Waals surface area contributed by atoms with E-state index in [1.54, 1.807) is 24.3 Å². The summed E-state index contributed by atoms with van der Waals surface area (Å²) in [6, 6.07) is 13.1. The summed E-state index contributed by atoms with van der Waals surface area (Å²) in [5, 5.41) is 3.54. The Labute approximate surface area is 163 Å². The van der Waals surface area contributed by atoms with Crippen LogP contribution < -0.4 is 10.1 Å². The summed E-state index contributed by atoms with van der Waals surface area (Å²) in [5.41, 5.74) is 3.21. The number of nitrogens with one attached hydrogen (secondary N) is 1. The minimum Gasteiger partial charge on any atom is -0.484 e. The van der Waals surface area contributed by atoms with E-state index in [2.05, 4.69) is 23.2 Å². The zero-order valence-corrected chi connectivity index (χ0v) is 16.4. The molecule has 1 aliphatic heterocycles. The quantitative estimate of drug-likeness (QED) is 0.802. The highest BCUT2D eigenvalue weighted by atomic mass is 35.5. The van der Waals surface area contributed by atoms with Crippen molar-refractivity contribution in [2.45, 2.75) is 13.5 Å². The van der Waals surface area contributed by atoms with Crippen molar-refractivity contribution in [2.24, 2.45) is 0 Å². The minimum atomic E-state index is -0.181. The molecule has 3 rings (SSSR count). The van der Waals surface area contributed by atoms with Crippen LogP contribution in [-0.4, -0.2) is 42.0 Å². The number of ether oxygens (including phenoxy) is 1. The second-order valence-electron chi connectivity index (χ2n) is 6.27. The van der Waals surface area contributed by atoms with E-state index in [0.717, 1.165) is 30.9 Å². The Morgan fingerprint density at radius 2 is 2.00 bits per heavy atom. The molecule has 1 aliphatic rings. The number of anilines is 1. The van der Waals surface area contributed by atoms with E-state index in [0.29, 0.717) is 10.8 Å². The van der Waals surface area contributed by atoms with Crippen LogP contribution in [0.5, 0.6) is 5.75 Å². The van der Waals surface area contributed by atoms with Crippen LogP contribution in [0.2, 0.25) is 5.02 Å². The first-order chi connectivity index (χ1) is 12.6. The van der Waals surface area contributed by atoms with Crippen LogP contribution in [0.25, 0.3) is 0 Å². The Hall–Kier alpha value is -1.69. The maximum atomic E-state index is 12.2. The van der Waals surface area contributed by atoms with Crippen LogP contribution in [-0.2, 0) is 11.3 Å². The molecule has 0 aliphatic carbocycles. The maximum Gasteiger partial charge on any atom is 0.262 e. The third kappa shape index (κ3) is 5.40. The molecular formula is C20H23ClN2O2S. The molecule has 2 aromatic rings. The van der Waals surface area contributed by atoms with Crippen molar-refractivity contribution >= 4 is 35.0 Å². The van der Waals surface area contributed by atoms with Gasteiger partial charge in [-0.2, -0.15) is 11.8 Å². The zero-order chi connectivity index (χ0) is 18.4. The van der Waals surface area contributed by atoms with Crippen LogP contribution in [0.4, 0.5) is 5.69 Å². The smallest absolute Gasteiger partial charge is 0.262 e. The summed E-state index contributed by atoms with van der Waals surface area (Å²) in [4.78, 5) is 14.7. The number of hydrogen-bond donors (Lipinski definition) is 1. The average Bonchev–Trinajstić information content (AvgIpc) is 2.64. The Bertz CT molecular complexity index is 763. The van der Waals surface area contributed by atoms with Gasteiger partial charge in [0.15, 0.2) is 6.61 Å². The van der Waals surface area contributed by atoms with Gasteiger partial charge in [0.25, 0.3) is 5.91 Å². The molecule has 1 fully saturated rings. The number of benzene rings is 2. The summed E-state index contributed by atoms with van der Waals surface area (Å²) in [6.07, 6.45) is 0. The predicted molar refractivity (Wildman–Crippen MR) is 109 cm³/mol. The van der Waals surface area contributed by atoms with Gasteiger partial charge in [-0.1, -0.05) is 29.8 Å². The summed E-state index contributed by atoms with van der Waals surface area (Å²) in [5.74, 6) is 2.78. The highest BCUT2D eigenvalue weighted by Crippen LogP contribution is 2.22. The Morgan fingerprint density at radius 1 is 1.23 bits per heavy atom. The molecule has 1 amide bonds. The van der Waals surface area contributed by atoms with Crippen molar-refractivity contribution in [3.05, 3.63) is 58.6 Å². The van der Waals surface area contributed by atoms with Crippen LogP contribution in [0, 0.1) is 6.92 Å². The number of halogens is 1. The lowest BCUT2D eigenvalue weighted by atomic mass is 10.1. The average molecular weight is 391 g/mol. The fourth-order valence-electron chi connectivity index (χ4n) is 2.88. The third-order valence-corrected chi connectivity index (χ3v) is 5.56. The molecule has 0 radical (unpaired) electrons. The van der Waals surface area contributed by atoms with Gasteiger partial charge in [0.05, 0.1) is 0 Å². The first kappa shape index (κ1) is 19.1. The molecule has 0 bridgehead atoms. The molecule has 0 unspecified atom stereocenters. The molecule has 0 aromatic heterocycles. The molecule has 0 atom stereocenters.